The molecule has 0 bridgehead atoms. The number of rotatable bonds is 5. The maximum atomic E-state index is 12.9. The van der Waals surface area contributed by atoms with Crippen LogP contribution < -0.4 is 5.73 Å². The van der Waals surface area contributed by atoms with Crippen LogP contribution >= 0.6 is 11.6 Å². The number of nitrogen functional groups attached to an aromatic ring is 1. The van der Waals surface area contributed by atoms with Crippen LogP contribution in [0.1, 0.15) is 42.0 Å². The van der Waals surface area contributed by atoms with E-state index in [4.69, 9.17) is 17.3 Å². The highest BCUT2D eigenvalue weighted by atomic mass is 35.5. The normalized spacial score (nSPS) is 12.0. The van der Waals surface area contributed by atoms with Crippen LogP contribution in [0.3, 0.4) is 0 Å². The third kappa shape index (κ3) is 4.20. The largest absolute Gasteiger partial charge is 0.368 e. The summed E-state index contributed by atoms with van der Waals surface area (Å²) in [5.74, 6) is -0.0633. The van der Waals surface area contributed by atoms with Crippen LogP contribution in [0.5, 0.6) is 0 Å². The van der Waals surface area contributed by atoms with Gasteiger partial charge in [0, 0.05) is 23.3 Å². The number of hydrogen-bond donors (Lipinski definition) is 1. The summed E-state index contributed by atoms with van der Waals surface area (Å²) in [7, 11) is 0. The van der Waals surface area contributed by atoms with Crippen LogP contribution in [0.15, 0.2) is 30.3 Å². The first-order valence-electron chi connectivity index (χ1n) is 7.58. The molecule has 2 rings (SSSR count). The van der Waals surface area contributed by atoms with Gasteiger partial charge in [-0.15, -0.1) is 0 Å². The van der Waals surface area contributed by atoms with Gasteiger partial charge < -0.3 is 10.6 Å². The van der Waals surface area contributed by atoms with Crippen molar-refractivity contribution in [1.82, 2.24) is 14.9 Å². The molecule has 1 atom stereocenters. The Morgan fingerprint density at radius 2 is 2.04 bits per heavy atom. The number of nitrogens with zero attached hydrogens (tertiary/aromatic N) is 3. The SMILES string of the molecule is CCC(C)N(Cc1ccccc1Cl)C(=O)c1cc(C)nc(N)n1. The maximum absolute atomic E-state index is 12.9. The van der Waals surface area contributed by atoms with Crippen LogP contribution in [0, 0.1) is 6.92 Å². The van der Waals surface area contributed by atoms with E-state index in [9.17, 15) is 4.79 Å². The Morgan fingerprint density at radius 3 is 2.65 bits per heavy atom. The smallest absolute Gasteiger partial charge is 0.273 e. The lowest BCUT2D eigenvalue weighted by molar-refractivity contribution is 0.0665. The first-order chi connectivity index (χ1) is 10.9. The van der Waals surface area contributed by atoms with E-state index in [1.165, 1.54) is 0 Å². The van der Waals surface area contributed by atoms with E-state index in [2.05, 4.69) is 9.97 Å². The zero-order chi connectivity index (χ0) is 17.0. The number of anilines is 1. The molecule has 0 aliphatic carbocycles. The molecule has 0 aliphatic rings. The lowest BCUT2D eigenvalue weighted by Gasteiger charge is -2.29. The summed E-state index contributed by atoms with van der Waals surface area (Å²) >= 11 is 6.23. The molecule has 0 aliphatic heterocycles. The second kappa shape index (κ2) is 7.42. The Morgan fingerprint density at radius 1 is 1.35 bits per heavy atom. The van der Waals surface area contributed by atoms with Gasteiger partial charge in [-0.25, -0.2) is 9.97 Å². The van der Waals surface area contributed by atoms with Crippen molar-refractivity contribution < 1.29 is 4.79 Å². The topological polar surface area (TPSA) is 72.1 Å². The fraction of sp³-hybridized carbons (Fsp3) is 0.353. The molecule has 1 unspecified atom stereocenters. The Labute approximate surface area is 141 Å². The Hall–Kier alpha value is -2.14. The van der Waals surface area contributed by atoms with Gasteiger partial charge in [0.15, 0.2) is 0 Å². The highest BCUT2D eigenvalue weighted by Gasteiger charge is 2.23. The molecule has 23 heavy (non-hydrogen) atoms. The van der Waals surface area contributed by atoms with E-state index < -0.39 is 0 Å². The molecule has 2 aromatic rings. The quantitative estimate of drug-likeness (QED) is 0.910. The molecule has 0 saturated heterocycles. The zero-order valence-corrected chi connectivity index (χ0v) is 14.3. The minimum absolute atomic E-state index is 0.0512. The average Bonchev–Trinajstić information content (AvgIpc) is 2.52. The van der Waals surface area contributed by atoms with E-state index in [0.29, 0.717) is 23.0 Å². The summed E-state index contributed by atoms with van der Waals surface area (Å²) in [6, 6.07) is 9.23. The van der Waals surface area contributed by atoms with Crippen molar-refractivity contribution in [2.24, 2.45) is 0 Å². The van der Waals surface area contributed by atoms with Crippen molar-refractivity contribution in [2.45, 2.75) is 39.8 Å². The summed E-state index contributed by atoms with van der Waals surface area (Å²) in [4.78, 5) is 22.8. The van der Waals surface area contributed by atoms with Gasteiger partial charge in [0.1, 0.15) is 5.69 Å². The standard InChI is InChI=1S/C17H21ClN4O/c1-4-12(3)22(10-13-7-5-6-8-14(13)18)16(23)15-9-11(2)20-17(19)21-15/h5-9,12H,4,10H2,1-3H3,(H2,19,20,21). The summed E-state index contributed by atoms with van der Waals surface area (Å²) in [6.07, 6.45) is 0.829. The predicted molar refractivity (Wildman–Crippen MR) is 92.3 cm³/mol. The summed E-state index contributed by atoms with van der Waals surface area (Å²) < 4.78 is 0. The second-order valence-corrected chi connectivity index (χ2v) is 5.94. The van der Waals surface area contributed by atoms with Gasteiger partial charge in [-0.2, -0.15) is 0 Å². The lowest BCUT2D eigenvalue weighted by Crippen LogP contribution is -2.38. The number of amides is 1. The van der Waals surface area contributed by atoms with Crippen molar-refractivity contribution in [3.8, 4) is 0 Å². The van der Waals surface area contributed by atoms with E-state index in [-0.39, 0.29) is 17.9 Å². The van der Waals surface area contributed by atoms with Crippen molar-refractivity contribution in [3.05, 3.63) is 52.3 Å². The van der Waals surface area contributed by atoms with E-state index in [1.807, 2.05) is 38.1 Å². The Kier molecular flexibility index (Phi) is 5.55. The maximum Gasteiger partial charge on any atom is 0.273 e. The van der Waals surface area contributed by atoms with Gasteiger partial charge in [0.25, 0.3) is 5.91 Å². The molecule has 1 aromatic carbocycles. The molecular formula is C17H21ClN4O. The van der Waals surface area contributed by atoms with Gasteiger partial charge in [-0.1, -0.05) is 36.7 Å². The van der Waals surface area contributed by atoms with Crippen molar-refractivity contribution in [3.63, 3.8) is 0 Å². The van der Waals surface area contributed by atoms with Gasteiger partial charge >= 0.3 is 0 Å². The summed E-state index contributed by atoms with van der Waals surface area (Å²) in [6.45, 7) is 6.26. The second-order valence-electron chi connectivity index (χ2n) is 5.53. The van der Waals surface area contributed by atoms with Crippen molar-refractivity contribution in [1.29, 1.82) is 0 Å². The Balaban J connectivity index is 2.34. The molecule has 1 amide bonds. The summed E-state index contributed by atoms with van der Waals surface area (Å²) in [5.41, 5.74) is 7.55. The number of carbonyl (C=O) groups is 1. The minimum Gasteiger partial charge on any atom is -0.368 e. The van der Waals surface area contributed by atoms with E-state index >= 15 is 0 Å². The third-order valence-electron chi connectivity index (χ3n) is 3.77. The van der Waals surface area contributed by atoms with E-state index in [1.54, 1.807) is 17.9 Å². The molecule has 0 saturated carbocycles. The number of nitrogens with two attached hydrogens (primary N) is 1. The highest BCUT2D eigenvalue weighted by molar-refractivity contribution is 6.31. The average molecular weight is 333 g/mol. The fourth-order valence-electron chi connectivity index (χ4n) is 2.31. The lowest BCUT2D eigenvalue weighted by atomic mass is 10.1. The van der Waals surface area contributed by atoms with Gasteiger partial charge in [-0.05, 0) is 38.0 Å². The van der Waals surface area contributed by atoms with Crippen molar-refractivity contribution in [2.75, 3.05) is 5.73 Å². The molecule has 0 fully saturated rings. The molecule has 122 valence electrons. The van der Waals surface area contributed by atoms with Crippen LogP contribution in [-0.4, -0.2) is 26.8 Å². The Bertz CT molecular complexity index is 684. The molecule has 1 heterocycles. The molecule has 6 heteroatoms. The molecule has 5 nitrogen and oxygen atoms in total. The number of halogens is 1. The fourth-order valence-corrected chi connectivity index (χ4v) is 2.50. The van der Waals surface area contributed by atoms with Gasteiger partial charge in [0.2, 0.25) is 5.95 Å². The number of benzene rings is 1. The van der Waals surface area contributed by atoms with E-state index in [0.717, 1.165) is 12.0 Å². The molecule has 0 radical (unpaired) electrons. The van der Waals surface area contributed by atoms with Crippen LogP contribution in [0.2, 0.25) is 5.02 Å². The minimum atomic E-state index is -0.170. The van der Waals surface area contributed by atoms with Gasteiger partial charge in [-0.3, -0.25) is 4.79 Å². The number of aryl methyl sites for hydroxylation is 1. The predicted octanol–water partition coefficient (Wildman–Crippen LogP) is 3.46. The molecule has 2 N–H and O–H groups in total. The molecule has 1 aromatic heterocycles. The highest BCUT2D eigenvalue weighted by Crippen LogP contribution is 2.20. The first kappa shape index (κ1) is 17.2. The monoisotopic (exact) mass is 332 g/mol. The first-order valence-corrected chi connectivity index (χ1v) is 7.95. The van der Waals surface area contributed by atoms with Crippen LogP contribution in [-0.2, 0) is 6.54 Å². The van der Waals surface area contributed by atoms with Crippen molar-refractivity contribution >= 4 is 23.5 Å². The number of carbonyl (C=O) groups excluding carboxylic acids is 1. The number of hydrogen-bond acceptors (Lipinski definition) is 4. The van der Waals surface area contributed by atoms with Crippen LogP contribution in [0.4, 0.5) is 5.95 Å². The van der Waals surface area contributed by atoms with Gasteiger partial charge in [0.05, 0.1) is 0 Å². The summed E-state index contributed by atoms with van der Waals surface area (Å²) in [5, 5.41) is 0.645. The number of aromatic nitrogens is 2. The molecular weight excluding hydrogens is 312 g/mol. The molecule has 0 spiro atoms. The van der Waals surface area contributed by atoms with Crippen LogP contribution in [0.25, 0.3) is 0 Å². The third-order valence-corrected chi connectivity index (χ3v) is 4.14. The zero-order valence-electron chi connectivity index (χ0n) is 13.6.